The van der Waals surface area contributed by atoms with Crippen LogP contribution in [-0.2, 0) is 0 Å². The van der Waals surface area contributed by atoms with Crippen molar-refractivity contribution in [1.82, 2.24) is 14.4 Å². The Hall–Kier alpha value is -2.85. The Balaban J connectivity index is 1.94. The quantitative estimate of drug-likeness (QED) is 0.419. The zero-order chi connectivity index (χ0) is 19.0. The van der Waals surface area contributed by atoms with Gasteiger partial charge >= 0.3 is 0 Å². The van der Waals surface area contributed by atoms with E-state index >= 15 is 0 Å². The molecule has 0 N–H and O–H groups in total. The van der Waals surface area contributed by atoms with Crippen molar-refractivity contribution in [1.29, 1.82) is 0 Å². The van der Waals surface area contributed by atoms with E-state index in [1.807, 2.05) is 12.3 Å². The summed E-state index contributed by atoms with van der Waals surface area (Å²) in [4.78, 5) is 6.88. The van der Waals surface area contributed by atoms with Gasteiger partial charge in [-0.1, -0.05) is 30.3 Å². The van der Waals surface area contributed by atoms with E-state index in [9.17, 15) is 0 Å². The van der Waals surface area contributed by atoms with E-state index in [0.717, 1.165) is 21.7 Å². The van der Waals surface area contributed by atoms with Crippen molar-refractivity contribution in [2.75, 3.05) is 14.1 Å². The molecule has 27 heavy (non-hydrogen) atoms. The third kappa shape index (κ3) is 1.94. The van der Waals surface area contributed by atoms with Crippen molar-refractivity contribution in [3.63, 3.8) is 0 Å². The second-order valence-corrected chi connectivity index (χ2v) is 8.21. The Labute approximate surface area is 158 Å². The highest BCUT2D eigenvalue weighted by atomic mass is 16.3. The summed E-state index contributed by atoms with van der Waals surface area (Å²) in [6, 6.07) is 12.8. The van der Waals surface area contributed by atoms with E-state index < -0.39 is 0 Å². The smallest absolute Gasteiger partial charge is 0.228 e. The molecule has 0 aliphatic carbocycles. The fourth-order valence-electron chi connectivity index (χ4n) is 4.40. The molecule has 0 radical (unpaired) electrons. The van der Waals surface area contributed by atoms with Gasteiger partial charge in [0, 0.05) is 43.4 Å². The lowest BCUT2D eigenvalue weighted by atomic mass is 10.0. The molecule has 3 heterocycles. The minimum atomic E-state index is -0.118. The Morgan fingerprint density at radius 2 is 1.85 bits per heavy atom. The van der Waals surface area contributed by atoms with Gasteiger partial charge in [-0.3, -0.25) is 0 Å². The molecule has 2 aromatic carbocycles. The van der Waals surface area contributed by atoms with Crippen molar-refractivity contribution in [3.05, 3.63) is 60.6 Å². The van der Waals surface area contributed by atoms with E-state index in [4.69, 9.17) is 4.42 Å². The third-order valence-electron chi connectivity index (χ3n) is 6.62. The van der Waals surface area contributed by atoms with Crippen molar-refractivity contribution in [2.45, 2.75) is 26.4 Å². The average molecular weight is 358 g/mol. The SMILES string of the molecule is Cc1ccc2c(oc3ncc4ccccc4c32)c1[N+]1(C)C=CN(C)C1(C)C. The lowest BCUT2D eigenvalue weighted by molar-refractivity contribution is 0.107. The zero-order valence-electron chi connectivity index (χ0n) is 16.4. The summed E-state index contributed by atoms with van der Waals surface area (Å²) < 4.78 is 7.06. The first-order valence-corrected chi connectivity index (χ1v) is 9.33. The second-order valence-electron chi connectivity index (χ2n) is 8.21. The Kier molecular flexibility index (Phi) is 3.09. The maximum Gasteiger partial charge on any atom is 0.228 e. The third-order valence-corrected chi connectivity index (χ3v) is 6.62. The first-order valence-electron chi connectivity index (χ1n) is 9.33. The van der Waals surface area contributed by atoms with Crippen LogP contribution in [0.15, 0.2) is 59.4 Å². The van der Waals surface area contributed by atoms with Crippen LogP contribution in [0.2, 0.25) is 0 Å². The molecule has 1 aliphatic rings. The van der Waals surface area contributed by atoms with Crippen molar-refractivity contribution < 1.29 is 4.42 Å². The molecule has 0 spiro atoms. The van der Waals surface area contributed by atoms with Gasteiger partial charge in [0.25, 0.3) is 0 Å². The largest absolute Gasteiger partial charge is 0.431 e. The molecule has 4 heteroatoms. The summed E-state index contributed by atoms with van der Waals surface area (Å²) in [5.74, 6) is 0. The number of fused-ring (bicyclic) bond motifs is 5. The molecule has 5 rings (SSSR count). The molecule has 0 fully saturated rings. The summed E-state index contributed by atoms with van der Waals surface area (Å²) in [7, 11) is 4.38. The number of aromatic nitrogens is 1. The number of benzene rings is 2. The summed E-state index contributed by atoms with van der Waals surface area (Å²) in [5.41, 5.74) is 3.94. The van der Waals surface area contributed by atoms with Gasteiger partial charge in [-0.25, -0.2) is 9.47 Å². The fraction of sp³-hybridized carbons (Fsp3) is 0.261. The van der Waals surface area contributed by atoms with Crippen molar-refractivity contribution in [3.8, 4) is 0 Å². The molecule has 136 valence electrons. The van der Waals surface area contributed by atoms with Gasteiger partial charge in [0.1, 0.15) is 6.20 Å². The molecule has 1 atom stereocenters. The Morgan fingerprint density at radius 1 is 1.07 bits per heavy atom. The van der Waals surface area contributed by atoms with Gasteiger partial charge < -0.3 is 9.32 Å². The van der Waals surface area contributed by atoms with Crippen molar-refractivity contribution in [2.24, 2.45) is 0 Å². The van der Waals surface area contributed by atoms with Gasteiger partial charge in [0.15, 0.2) is 16.9 Å². The minimum absolute atomic E-state index is 0.118. The summed E-state index contributed by atoms with van der Waals surface area (Å²) >= 11 is 0. The van der Waals surface area contributed by atoms with Crippen LogP contribution in [0.3, 0.4) is 0 Å². The molecule has 0 amide bonds. The average Bonchev–Trinajstić information content (AvgIpc) is 3.12. The number of hydrogen-bond acceptors (Lipinski definition) is 3. The van der Waals surface area contributed by atoms with Crippen LogP contribution in [0.4, 0.5) is 5.69 Å². The van der Waals surface area contributed by atoms with E-state index in [-0.39, 0.29) is 5.66 Å². The number of furan rings is 1. The lowest BCUT2D eigenvalue weighted by Crippen LogP contribution is -2.59. The molecule has 1 aliphatic heterocycles. The van der Waals surface area contributed by atoms with E-state index in [2.05, 4.69) is 87.5 Å². The molecule has 0 saturated carbocycles. The highest BCUT2D eigenvalue weighted by Crippen LogP contribution is 2.46. The maximum absolute atomic E-state index is 6.40. The highest BCUT2D eigenvalue weighted by molar-refractivity contribution is 6.19. The second kappa shape index (κ2) is 5.11. The van der Waals surface area contributed by atoms with Gasteiger partial charge in [0.05, 0.1) is 18.6 Å². The molecule has 4 aromatic rings. The number of pyridine rings is 1. The van der Waals surface area contributed by atoms with E-state index in [0.29, 0.717) is 10.2 Å². The maximum atomic E-state index is 6.40. The van der Waals surface area contributed by atoms with E-state index in [1.165, 1.54) is 16.6 Å². The van der Waals surface area contributed by atoms with Crippen LogP contribution in [0.5, 0.6) is 0 Å². The van der Waals surface area contributed by atoms with Crippen LogP contribution >= 0.6 is 0 Å². The summed E-state index contributed by atoms with van der Waals surface area (Å²) in [6.45, 7) is 6.70. The van der Waals surface area contributed by atoms with Crippen LogP contribution < -0.4 is 4.48 Å². The Bertz CT molecular complexity index is 1250. The van der Waals surface area contributed by atoms with Crippen LogP contribution in [0.25, 0.3) is 32.8 Å². The summed E-state index contributed by atoms with van der Waals surface area (Å²) in [5, 5.41) is 4.56. The van der Waals surface area contributed by atoms with Crippen LogP contribution in [0, 0.1) is 6.92 Å². The van der Waals surface area contributed by atoms with Crippen LogP contribution in [0.1, 0.15) is 19.4 Å². The number of hydrogen-bond donors (Lipinski definition) is 0. The highest BCUT2D eigenvalue weighted by Gasteiger charge is 2.49. The topological polar surface area (TPSA) is 29.3 Å². The Morgan fingerprint density at radius 3 is 2.59 bits per heavy atom. The molecule has 0 saturated heterocycles. The first kappa shape index (κ1) is 16.3. The molecule has 4 nitrogen and oxygen atoms in total. The lowest BCUT2D eigenvalue weighted by Gasteiger charge is -2.43. The predicted molar refractivity (Wildman–Crippen MR) is 112 cm³/mol. The summed E-state index contributed by atoms with van der Waals surface area (Å²) in [6.07, 6.45) is 6.31. The molecular weight excluding hydrogens is 334 g/mol. The monoisotopic (exact) mass is 358 g/mol. The van der Waals surface area contributed by atoms with Crippen LogP contribution in [-0.4, -0.2) is 29.6 Å². The standard InChI is InChI=1S/C23H24N3O/c1-15-10-11-18-19-17-9-7-6-8-16(17)14-24-22(19)27-21(18)20(15)26(5)13-12-25(4)23(26,2)3/h6-14H,1-5H3/q+1. The van der Waals surface area contributed by atoms with Crippen molar-refractivity contribution >= 4 is 38.5 Å². The fourth-order valence-corrected chi connectivity index (χ4v) is 4.40. The molecule has 0 bridgehead atoms. The molecular formula is C23H24N3O+. The van der Waals surface area contributed by atoms with Gasteiger partial charge in [-0.15, -0.1) is 0 Å². The molecule has 1 unspecified atom stereocenters. The van der Waals surface area contributed by atoms with E-state index in [1.54, 1.807) is 0 Å². The number of nitrogens with zero attached hydrogens (tertiary/aromatic N) is 3. The van der Waals surface area contributed by atoms with Gasteiger partial charge in [-0.2, -0.15) is 0 Å². The number of quaternary nitrogens is 1. The minimum Gasteiger partial charge on any atom is -0.431 e. The zero-order valence-corrected chi connectivity index (χ0v) is 16.4. The predicted octanol–water partition coefficient (Wildman–Crippen LogP) is 5.53. The first-order chi connectivity index (χ1) is 12.8. The number of rotatable bonds is 1. The van der Waals surface area contributed by atoms with Gasteiger partial charge in [0.2, 0.25) is 5.71 Å². The van der Waals surface area contributed by atoms with Gasteiger partial charge in [-0.05, 0) is 18.4 Å². The number of aryl methyl sites for hydroxylation is 1. The molecule has 2 aromatic heterocycles. The normalized spacial score (nSPS) is 21.7.